The lowest BCUT2D eigenvalue weighted by Gasteiger charge is -2.31. The van der Waals surface area contributed by atoms with E-state index in [1.165, 1.54) is 32.2 Å². The van der Waals surface area contributed by atoms with Gasteiger partial charge in [0, 0.05) is 20.2 Å². The van der Waals surface area contributed by atoms with Gasteiger partial charge in [-0.05, 0) is 12.1 Å². The predicted octanol–water partition coefficient (Wildman–Crippen LogP) is 0.885. The van der Waals surface area contributed by atoms with Crippen LogP contribution in [0.25, 0.3) is 0 Å². The first-order chi connectivity index (χ1) is 7.89. The molecule has 0 spiro atoms. The Balaban J connectivity index is 2.74. The summed E-state index contributed by atoms with van der Waals surface area (Å²) in [7, 11) is 0.440. The highest BCUT2D eigenvalue weighted by Crippen LogP contribution is 2.34. The summed E-state index contributed by atoms with van der Waals surface area (Å²) in [4.78, 5) is 13.1. The van der Waals surface area contributed by atoms with E-state index in [0.29, 0.717) is 11.4 Å². The van der Waals surface area contributed by atoms with Crippen molar-refractivity contribution < 1.29 is 17.9 Å². The predicted molar refractivity (Wildman–Crippen MR) is 61.7 cm³/mol. The fraction of sp³-hybridized carbons (Fsp3) is 0.300. The van der Waals surface area contributed by atoms with Crippen LogP contribution in [0.4, 0.5) is 10.5 Å². The summed E-state index contributed by atoms with van der Waals surface area (Å²) in [5.41, 5.74) is 0.355. The van der Waals surface area contributed by atoms with Gasteiger partial charge in [-0.25, -0.2) is 17.5 Å². The van der Waals surface area contributed by atoms with E-state index >= 15 is 0 Å². The molecule has 0 N–H and O–H groups in total. The molecule has 1 aromatic rings. The second-order valence-electron chi connectivity index (χ2n) is 3.65. The van der Waals surface area contributed by atoms with Crippen molar-refractivity contribution in [2.24, 2.45) is 0 Å². The minimum Gasteiger partial charge on any atom is -0.497 e. The minimum absolute atomic E-state index is 0.0708. The molecular weight excluding hydrogens is 244 g/mol. The van der Waals surface area contributed by atoms with Crippen LogP contribution in [0.5, 0.6) is 5.75 Å². The first-order valence-electron chi connectivity index (χ1n) is 4.84. The van der Waals surface area contributed by atoms with E-state index in [1.807, 2.05) is 0 Å². The number of carbonyl (C=O) groups is 1. The van der Waals surface area contributed by atoms with E-state index in [4.69, 9.17) is 4.74 Å². The molecular formula is C10H12N2O4S. The SMILES string of the molecule is COc1ccc2c(c1)S(=O)(=O)N(C)C(=O)N2C. The molecule has 0 atom stereocenters. The molecule has 6 nitrogen and oxygen atoms in total. The minimum atomic E-state index is -3.77. The molecule has 1 aliphatic rings. The number of nitrogens with zero attached hydrogens (tertiary/aromatic N) is 2. The van der Waals surface area contributed by atoms with Gasteiger partial charge in [-0.2, -0.15) is 0 Å². The van der Waals surface area contributed by atoms with Gasteiger partial charge in [-0.15, -0.1) is 0 Å². The molecule has 0 aromatic heterocycles. The van der Waals surface area contributed by atoms with Gasteiger partial charge in [-0.1, -0.05) is 0 Å². The lowest BCUT2D eigenvalue weighted by Crippen LogP contribution is -2.46. The molecule has 0 radical (unpaired) electrons. The van der Waals surface area contributed by atoms with Crippen LogP contribution in [0.3, 0.4) is 0 Å². The second-order valence-corrected chi connectivity index (χ2v) is 5.59. The van der Waals surface area contributed by atoms with Gasteiger partial charge >= 0.3 is 6.03 Å². The van der Waals surface area contributed by atoms with Crippen LogP contribution >= 0.6 is 0 Å². The van der Waals surface area contributed by atoms with Crippen molar-refractivity contribution >= 4 is 21.7 Å². The average Bonchev–Trinajstić information content (AvgIpc) is 2.33. The van der Waals surface area contributed by atoms with E-state index in [0.717, 1.165) is 4.31 Å². The highest BCUT2D eigenvalue weighted by Gasteiger charge is 2.37. The quantitative estimate of drug-likeness (QED) is 0.748. The van der Waals surface area contributed by atoms with E-state index in [9.17, 15) is 13.2 Å². The monoisotopic (exact) mass is 256 g/mol. The van der Waals surface area contributed by atoms with Crippen LogP contribution in [0.2, 0.25) is 0 Å². The largest absolute Gasteiger partial charge is 0.497 e. The molecule has 0 saturated heterocycles. The van der Waals surface area contributed by atoms with Crippen molar-refractivity contribution in [2.45, 2.75) is 4.90 Å². The molecule has 0 unspecified atom stereocenters. The van der Waals surface area contributed by atoms with Gasteiger partial charge < -0.3 is 4.74 Å². The number of methoxy groups -OCH3 is 1. The molecule has 0 aliphatic carbocycles. The van der Waals surface area contributed by atoms with Crippen LogP contribution in [0.15, 0.2) is 23.1 Å². The molecule has 2 amide bonds. The number of sulfonamides is 1. The van der Waals surface area contributed by atoms with Gasteiger partial charge in [0.2, 0.25) is 0 Å². The zero-order valence-corrected chi connectivity index (χ0v) is 10.5. The van der Waals surface area contributed by atoms with Crippen LogP contribution in [-0.4, -0.2) is 40.0 Å². The number of rotatable bonds is 1. The summed E-state index contributed by atoms with van der Waals surface area (Å²) in [5, 5.41) is 0. The van der Waals surface area contributed by atoms with Crippen molar-refractivity contribution in [1.82, 2.24) is 4.31 Å². The maximum Gasteiger partial charge on any atom is 0.337 e. The van der Waals surface area contributed by atoms with Crippen molar-refractivity contribution in [2.75, 3.05) is 26.1 Å². The summed E-state index contributed by atoms with van der Waals surface area (Å²) < 4.78 is 29.8. The first kappa shape index (κ1) is 11.7. The Kier molecular flexibility index (Phi) is 2.50. The number of ether oxygens (including phenoxy) is 1. The van der Waals surface area contributed by atoms with Crippen molar-refractivity contribution in [3.8, 4) is 5.75 Å². The summed E-state index contributed by atoms with van der Waals surface area (Å²) in [5.74, 6) is 0.434. The fourth-order valence-corrected chi connectivity index (χ4v) is 3.03. The Bertz CT molecular complexity index is 582. The molecule has 7 heteroatoms. The maximum absolute atomic E-state index is 12.1. The third-order valence-corrected chi connectivity index (χ3v) is 4.48. The van der Waals surface area contributed by atoms with Crippen molar-refractivity contribution in [1.29, 1.82) is 0 Å². The van der Waals surface area contributed by atoms with E-state index in [2.05, 4.69) is 0 Å². The zero-order chi connectivity index (χ0) is 12.8. The fourth-order valence-electron chi connectivity index (χ4n) is 1.67. The second kappa shape index (κ2) is 3.63. The highest BCUT2D eigenvalue weighted by molar-refractivity contribution is 7.90. The molecule has 92 valence electrons. The molecule has 1 heterocycles. The number of urea groups is 1. The van der Waals surface area contributed by atoms with Crippen LogP contribution in [-0.2, 0) is 10.0 Å². The van der Waals surface area contributed by atoms with Crippen molar-refractivity contribution in [3.05, 3.63) is 18.2 Å². The number of fused-ring (bicyclic) bond motifs is 1. The van der Waals surface area contributed by atoms with Gasteiger partial charge in [0.25, 0.3) is 10.0 Å². The van der Waals surface area contributed by atoms with Gasteiger partial charge in [0.05, 0.1) is 12.8 Å². The molecule has 0 fully saturated rings. The average molecular weight is 256 g/mol. The number of hydrogen-bond acceptors (Lipinski definition) is 4. The molecule has 2 rings (SSSR count). The molecule has 0 saturated carbocycles. The summed E-state index contributed by atoms with van der Waals surface area (Å²) in [6, 6.07) is 3.99. The zero-order valence-electron chi connectivity index (χ0n) is 9.67. The van der Waals surface area contributed by atoms with E-state index in [-0.39, 0.29) is 4.90 Å². The molecule has 17 heavy (non-hydrogen) atoms. The van der Waals surface area contributed by atoms with Gasteiger partial charge in [-0.3, -0.25) is 4.90 Å². The number of benzene rings is 1. The number of anilines is 1. The normalized spacial score (nSPS) is 17.9. The van der Waals surface area contributed by atoms with Gasteiger partial charge in [0.15, 0.2) is 0 Å². The van der Waals surface area contributed by atoms with Gasteiger partial charge in [0.1, 0.15) is 10.6 Å². The number of amides is 2. The Hall–Kier alpha value is -1.76. The lowest BCUT2D eigenvalue weighted by molar-refractivity contribution is 0.234. The third kappa shape index (κ3) is 1.54. The Morgan fingerprint density at radius 2 is 1.88 bits per heavy atom. The smallest absolute Gasteiger partial charge is 0.337 e. The van der Waals surface area contributed by atoms with Crippen LogP contribution in [0, 0.1) is 0 Å². The Labute approximate surface area is 99.4 Å². The van der Waals surface area contributed by atoms with Crippen LogP contribution in [0.1, 0.15) is 0 Å². The van der Waals surface area contributed by atoms with Crippen LogP contribution < -0.4 is 9.64 Å². The Morgan fingerprint density at radius 1 is 1.24 bits per heavy atom. The highest BCUT2D eigenvalue weighted by atomic mass is 32.2. The maximum atomic E-state index is 12.1. The number of carbonyl (C=O) groups excluding carboxylic acids is 1. The topological polar surface area (TPSA) is 66.9 Å². The summed E-state index contributed by atoms with van der Waals surface area (Å²) in [6.45, 7) is 0. The standard InChI is InChI=1S/C10H12N2O4S/c1-11-8-5-4-7(16-3)6-9(8)17(14,15)12(2)10(11)13/h4-6H,1-3H3. The van der Waals surface area contributed by atoms with E-state index in [1.54, 1.807) is 12.1 Å². The first-order valence-corrected chi connectivity index (χ1v) is 6.28. The third-order valence-electron chi connectivity index (χ3n) is 2.72. The molecule has 1 aliphatic heterocycles. The van der Waals surface area contributed by atoms with E-state index < -0.39 is 16.1 Å². The van der Waals surface area contributed by atoms with Crippen molar-refractivity contribution in [3.63, 3.8) is 0 Å². The Morgan fingerprint density at radius 3 is 2.47 bits per heavy atom. The summed E-state index contributed by atoms with van der Waals surface area (Å²) in [6.07, 6.45) is 0. The lowest BCUT2D eigenvalue weighted by atomic mass is 10.3. The summed E-state index contributed by atoms with van der Waals surface area (Å²) >= 11 is 0. The molecule has 1 aromatic carbocycles. The molecule has 0 bridgehead atoms. The number of hydrogen-bond donors (Lipinski definition) is 0.